The molecule has 1 atom stereocenters. The number of fused-ring (bicyclic) bond motifs is 1. The summed E-state index contributed by atoms with van der Waals surface area (Å²) in [6, 6.07) is 17.6. The average molecular weight is 617 g/mol. The molecule has 0 radical (unpaired) electrons. The van der Waals surface area contributed by atoms with Crippen molar-refractivity contribution in [2.45, 2.75) is 45.9 Å². The lowest BCUT2D eigenvalue weighted by atomic mass is 10.1. The summed E-state index contributed by atoms with van der Waals surface area (Å²) in [5.41, 5.74) is 0.531. The molecule has 0 N–H and O–H groups in total. The molecular weight excluding hydrogens is 592 g/mol. The predicted molar refractivity (Wildman–Crippen MR) is 151 cm³/mol. The molecule has 0 aliphatic rings. The molecule has 0 saturated heterocycles. The van der Waals surface area contributed by atoms with Crippen LogP contribution in [0.4, 0.5) is 17.6 Å². The molecule has 2 heterocycles. The molecule has 0 aliphatic heterocycles. The third kappa shape index (κ3) is 6.50. The van der Waals surface area contributed by atoms with Gasteiger partial charge in [0.2, 0.25) is 5.88 Å². The first kappa shape index (κ1) is 30.1. The van der Waals surface area contributed by atoms with Crippen molar-refractivity contribution in [1.82, 2.24) is 19.3 Å². The molecule has 0 spiro atoms. The van der Waals surface area contributed by atoms with E-state index in [0.717, 1.165) is 23.2 Å². The quantitative estimate of drug-likeness (QED) is 0.154. The van der Waals surface area contributed by atoms with E-state index in [2.05, 4.69) is 10.1 Å². The van der Waals surface area contributed by atoms with E-state index >= 15 is 0 Å². The van der Waals surface area contributed by atoms with Crippen LogP contribution in [0.3, 0.4) is 0 Å². The van der Waals surface area contributed by atoms with Crippen molar-refractivity contribution < 1.29 is 31.8 Å². The Bertz CT molecular complexity index is 1790. The van der Waals surface area contributed by atoms with Crippen molar-refractivity contribution >= 4 is 22.4 Å². The highest BCUT2D eigenvalue weighted by Gasteiger charge is 2.38. The van der Waals surface area contributed by atoms with Gasteiger partial charge in [-0.05, 0) is 49.1 Å². The smallest absolute Gasteiger partial charge is 0.425 e. The molecule has 8 nitrogen and oxygen atoms in total. The molecule has 13 heteroatoms. The Morgan fingerprint density at radius 2 is 1.79 bits per heavy atom. The second-order valence-electron chi connectivity index (χ2n) is 9.45. The van der Waals surface area contributed by atoms with Gasteiger partial charge in [0, 0.05) is 18.8 Å². The van der Waals surface area contributed by atoms with Gasteiger partial charge in [0.15, 0.2) is 23.5 Å². The van der Waals surface area contributed by atoms with Gasteiger partial charge in [-0.1, -0.05) is 48.0 Å². The SMILES string of the molecule is CCn1c(COCc2ccccc2)nn(-c2cc(OC(C)C(F)(F)F)c3c(Oc4c(F)cccc4Cl)nccc3c2)c1=O. The minimum Gasteiger partial charge on any atom is -0.480 e. The number of hydrogen-bond donors (Lipinski definition) is 0. The maximum absolute atomic E-state index is 14.5. The molecule has 0 aliphatic carbocycles. The summed E-state index contributed by atoms with van der Waals surface area (Å²) in [4.78, 5) is 17.5. The Balaban J connectivity index is 1.58. The van der Waals surface area contributed by atoms with E-state index in [1.54, 1.807) is 6.92 Å². The third-order valence-corrected chi connectivity index (χ3v) is 6.80. The first-order chi connectivity index (χ1) is 20.6. The van der Waals surface area contributed by atoms with Gasteiger partial charge in [0.25, 0.3) is 0 Å². The highest BCUT2D eigenvalue weighted by Crippen LogP contribution is 2.40. The zero-order valence-electron chi connectivity index (χ0n) is 22.9. The molecule has 0 amide bonds. The molecule has 5 rings (SSSR count). The van der Waals surface area contributed by atoms with Gasteiger partial charge in [0.1, 0.15) is 12.4 Å². The maximum Gasteiger partial charge on any atom is 0.425 e. The van der Waals surface area contributed by atoms with Crippen LogP contribution in [-0.4, -0.2) is 31.6 Å². The Labute approximate surface area is 248 Å². The average Bonchev–Trinajstić information content (AvgIpc) is 3.29. The van der Waals surface area contributed by atoms with E-state index in [1.165, 1.54) is 41.1 Å². The van der Waals surface area contributed by atoms with Gasteiger partial charge in [-0.25, -0.2) is 14.2 Å². The van der Waals surface area contributed by atoms with E-state index in [4.69, 9.17) is 25.8 Å². The highest BCUT2D eigenvalue weighted by atomic mass is 35.5. The second kappa shape index (κ2) is 12.4. The summed E-state index contributed by atoms with van der Waals surface area (Å²) in [6.07, 6.45) is -5.64. The van der Waals surface area contributed by atoms with Crippen LogP contribution in [0.2, 0.25) is 5.02 Å². The number of aromatic nitrogens is 4. The molecule has 3 aromatic carbocycles. The summed E-state index contributed by atoms with van der Waals surface area (Å²) in [7, 11) is 0. The number of alkyl halides is 3. The number of pyridine rings is 1. The van der Waals surface area contributed by atoms with E-state index in [0.29, 0.717) is 11.2 Å². The van der Waals surface area contributed by atoms with Crippen LogP contribution in [0.5, 0.6) is 17.4 Å². The summed E-state index contributed by atoms with van der Waals surface area (Å²) in [6.45, 7) is 3.17. The van der Waals surface area contributed by atoms with Crippen molar-refractivity contribution in [2.75, 3.05) is 0 Å². The minimum atomic E-state index is -4.72. The Morgan fingerprint density at radius 3 is 2.49 bits per heavy atom. The van der Waals surface area contributed by atoms with Crippen molar-refractivity contribution in [3.63, 3.8) is 0 Å². The standard InChI is InChI=1S/C30H25ClF4N4O4/c1-3-38-25(17-41-16-19-8-5-4-6-9-19)37-39(29(38)40)21-14-20-12-13-36-28(43-27-22(31)10-7-11-23(27)32)26(20)24(15-21)42-18(2)30(33,34)35/h4-15,18H,3,16-17H2,1-2H3. The van der Waals surface area contributed by atoms with Crippen molar-refractivity contribution in [1.29, 1.82) is 0 Å². The van der Waals surface area contributed by atoms with Gasteiger partial charge in [-0.15, -0.1) is 5.10 Å². The van der Waals surface area contributed by atoms with Crippen LogP contribution < -0.4 is 15.2 Å². The zero-order valence-corrected chi connectivity index (χ0v) is 23.7. The molecule has 5 aromatic rings. The number of nitrogens with zero attached hydrogens (tertiary/aromatic N) is 4. The molecule has 43 heavy (non-hydrogen) atoms. The third-order valence-electron chi connectivity index (χ3n) is 6.50. The van der Waals surface area contributed by atoms with Gasteiger partial charge in [-0.3, -0.25) is 4.57 Å². The highest BCUT2D eigenvalue weighted by molar-refractivity contribution is 6.32. The zero-order chi connectivity index (χ0) is 30.7. The summed E-state index contributed by atoms with van der Waals surface area (Å²) in [5.74, 6) is -1.40. The Kier molecular flexibility index (Phi) is 8.69. The van der Waals surface area contributed by atoms with Crippen molar-refractivity contribution in [3.8, 4) is 23.1 Å². The minimum absolute atomic E-state index is 0.0102. The van der Waals surface area contributed by atoms with Gasteiger partial charge in [-0.2, -0.15) is 17.9 Å². The largest absolute Gasteiger partial charge is 0.480 e. The normalized spacial score (nSPS) is 12.4. The van der Waals surface area contributed by atoms with Crippen LogP contribution in [-0.2, 0) is 24.5 Å². The Hall–Kier alpha value is -4.42. The van der Waals surface area contributed by atoms with Gasteiger partial charge < -0.3 is 14.2 Å². The summed E-state index contributed by atoms with van der Waals surface area (Å²) in [5, 5.41) is 4.65. The molecule has 224 valence electrons. The molecular formula is C30H25ClF4N4O4. The van der Waals surface area contributed by atoms with Gasteiger partial charge in [0.05, 0.1) is 22.7 Å². The number of benzene rings is 3. The van der Waals surface area contributed by atoms with E-state index < -0.39 is 23.8 Å². The lowest BCUT2D eigenvalue weighted by molar-refractivity contribution is -0.189. The van der Waals surface area contributed by atoms with E-state index in [9.17, 15) is 22.4 Å². The fraction of sp³-hybridized carbons (Fsp3) is 0.233. The van der Waals surface area contributed by atoms with Crippen molar-refractivity contribution in [3.05, 3.63) is 106 Å². The summed E-state index contributed by atoms with van der Waals surface area (Å²) >= 11 is 6.11. The van der Waals surface area contributed by atoms with Crippen LogP contribution in [0.25, 0.3) is 16.5 Å². The number of para-hydroxylation sites is 1. The van der Waals surface area contributed by atoms with E-state index in [-0.39, 0.29) is 53.2 Å². The monoisotopic (exact) mass is 616 g/mol. The van der Waals surface area contributed by atoms with Crippen LogP contribution in [0, 0.1) is 5.82 Å². The second-order valence-corrected chi connectivity index (χ2v) is 9.85. The molecule has 2 aromatic heterocycles. The first-order valence-corrected chi connectivity index (χ1v) is 13.5. The van der Waals surface area contributed by atoms with Crippen LogP contribution >= 0.6 is 11.6 Å². The fourth-order valence-electron chi connectivity index (χ4n) is 4.32. The first-order valence-electron chi connectivity index (χ1n) is 13.2. The fourth-order valence-corrected chi connectivity index (χ4v) is 4.52. The predicted octanol–water partition coefficient (Wildman–Crippen LogP) is 7.23. The van der Waals surface area contributed by atoms with E-state index in [1.807, 2.05) is 30.3 Å². The van der Waals surface area contributed by atoms with Crippen molar-refractivity contribution in [2.24, 2.45) is 0 Å². The molecule has 0 bridgehead atoms. The topological polar surface area (TPSA) is 80.4 Å². The number of halogens is 5. The number of rotatable bonds is 10. The summed E-state index contributed by atoms with van der Waals surface area (Å²) < 4.78 is 74.6. The molecule has 0 fully saturated rings. The molecule has 0 saturated carbocycles. The lowest BCUT2D eigenvalue weighted by Gasteiger charge is -2.20. The lowest BCUT2D eigenvalue weighted by Crippen LogP contribution is -2.31. The Morgan fingerprint density at radius 1 is 1.02 bits per heavy atom. The van der Waals surface area contributed by atoms with Crippen LogP contribution in [0.15, 0.2) is 77.7 Å². The number of hydrogen-bond acceptors (Lipinski definition) is 6. The van der Waals surface area contributed by atoms with Crippen LogP contribution in [0.1, 0.15) is 25.2 Å². The number of ether oxygens (including phenoxy) is 3. The van der Waals surface area contributed by atoms with Gasteiger partial charge >= 0.3 is 11.9 Å². The molecule has 1 unspecified atom stereocenters. The maximum atomic E-state index is 14.5.